The van der Waals surface area contributed by atoms with Crippen molar-refractivity contribution in [2.75, 3.05) is 19.8 Å². The Bertz CT molecular complexity index is 1770. The minimum Gasteiger partial charge on any atom is -0.477 e. The van der Waals surface area contributed by atoms with Crippen molar-refractivity contribution in [3.05, 3.63) is 0 Å². The molecular formula is C46H82O34. The van der Waals surface area contributed by atoms with Gasteiger partial charge in [0.25, 0.3) is 28.9 Å². The van der Waals surface area contributed by atoms with Gasteiger partial charge in [0.15, 0.2) is 0 Å². The lowest BCUT2D eigenvalue weighted by atomic mass is 9.85. The summed E-state index contributed by atoms with van der Waals surface area (Å²) < 4.78 is 24.5. The van der Waals surface area contributed by atoms with Gasteiger partial charge in [-0.15, -0.1) is 0 Å². The number of ether oxygens (including phenoxy) is 5. The van der Waals surface area contributed by atoms with E-state index in [1.165, 1.54) is 20.8 Å². The van der Waals surface area contributed by atoms with Crippen molar-refractivity contribution in [1.82, 2.24) is 0 Å². The van der Waals surface area contributed by atoms with E-state index in [0.29, 0.717) is 0 Å². The second kappa shape index (κ2) is 30.3. The van der Waals surface area contributed by atoms with Crippen LogP contribution in [0.3, 0.4) is 0 Å². The fourth-order valence-electron chi connectivity index (χ4n) is 8.51. The number of hydrogen-bond donors (Lipinski definition) is 24. The second-order valence-electron chi connectivity index (χ2n) is 20.7. The topological polar surface area (TPSA) is 617 Å². The molecule has 5 saturated heterocycles. The smallest absolute Gasteiger partial charge is 0.364 e. The fourth-order valence-corrected chi connectivity index (χ4v) is 8.51. The zero-order valence-corrected chi connectivity index (χ0v) is 44.6. The molecule has 0 saturated carbocycles. The minimum absolute atomic E-state index is 0.167. The number of aliphatic hydroxyl groups excluding tert-OH is 14. The first-order chi connectivity index (χ1) is 36.4. The maximum absolute atomic E-state index is 10.9. The molecule has 0 aromatic carbocycles. The first-order valence-electron chi connectivity index (χ1n) is 24.9. The van der Waals surface area contributed by atoms with Gasteiger partial charge in [0.05, 0.1) is 80.9 Å². The van der Waals surface area contributed by atoms with Crippen LogP contribution in [-0.2, 0) is 47.7 Å². The van der Waals surface area contributed by atoms with Crippen LogP contribution in [0.1, 0.15) is 80.6 Å². The van der Waals surface area contributed by atoms with E-state index < -0.39 is 213 Å². The summed E-state index contributed by atoms with van der Waals surface area (Å²) in [7, 11) is 0. The van der Waals surface area contributed by atoms with E-state index in [2.05, 4.69) is 0 Å². The number of carboxylic acids is 5. The molecule has 0 aromatic heterocycles. The number of rotatable bonds is 14. The lowest BCUT2D eigenvalue weighted by Gasteiger charge is -2.43. The molecule has 34 heteroatoms. The van der Waals surface area contributed by atoms with Crippen LogP contribution in [0.25, 0.3) is 0 Å². The molecule has 24 N–H and O–H groups in total. The molecule has 5 heterocycles. The maximum Gasteiger partial charge on any atom is 0.364 e. The third-order valence-electron chi connectivity index (χ3n) is 14.7. The van der Waals surface area contributed by atoms with Gasteiger partial charge in [-0.25, -0.2) is 24.0 Å². The molecule has 80 heavy (non-hydrogen) atoms. The van der Waals surface area contributed by atoms with Gasteiger partial charge in [0.2, 0.25) is 0 Å². The number of carboxylic acid groups (broad SMARTS) is 5. The Morgan fingerprint density at radius 1 is 0.350 bits per heavy atom. The van der Waals surface area contributed by atoms with Gasteiger partial charge in [-0.1, -0.05) is 34.6 Å². The van der Waals surface area contributed by atoms with Crippen LogP contribution in [-0.4, -0.2) is 299 Å². The Kier molecular flexibility index (Phi) is 28.2. The van der Waals surface area contributed by atoms with Gasteiger partial charge in [0.1, 0.15) is 36.6 Å². The van der Waals surface area contributed by atoms with Gasteiger partial charge in [-0.3, -0.25) is 0 Å². The molecule has 0 bridgehead atoms. The highest BCUT2D eigenvalue weighted by Crippen LogP contribution is 2.37. The molecule has 34 nitrogen and oxygen atoms in total. The van der Waals surface area contributed by atoms with Crippen molar-refractivity contribution in [1.29, 1.82) is 0 Å². The van der Waals surface area contributed by atoms with E-state index in [9.17, 15) is 106 Å². The summed E-state index contributed by atoms with van der Waals surface area (Å²) >= 11 is 0. The van der Waals surface area contributed by atoms with Crippen molar-refractivity contribution in [2.24, 2.45) is 29.6 Å². The van der Waals surface area contributed by atoms with Crippen molar-refractivity contribution < 1.29 is 170 Å². The normalized spacial score (nSPS) is 42.1. The highest BCUT2D eigenvalue weighted by Gasteiger charge is 2.55. The van der Waals surface area contributed by atoms with Gasteiger partial charge >= 0.3 is 29.8 Å². The molecule has 0 amide bonds. The van der Waals surface area contributed by atoms with Crippen molar-refractivity contribution in [2.45, 2.75) is 207 Å². The van der Waals surface area contributed by atoms with E-state index >= 15 is 0 Å². The summed E-state index contributed by atoms with van der Waals surface area (Å²) in [6.45, 7) is 8.91. The first-order valence-corrected chi connectivity index (χ1v) is 24.9. The number of aliphatic hydroxyl groups is 19. The Labute approximate surface area is 456 Å². The third kappa shape index (κ3) is 18.7. The predicted molar refractivity (Wildman–Crippen MR) is 255 cm³/mol. The predicted octanol–water partition coefficient (Wildman–Crippen LogP) is -9.09. The zero-order chi connectivity index (χ0) is 62.7. The Morgan fingerprint density at radius 3 is 0.662 bits per heavy atom. The summed E-state index contributed by atoms with van der Waals surface area (Å²) in [6.07, 6.45) is -21.9. The fraction of sp³-hybridized carbons (Fsp3) is 0.891. The Balaban J connectivity index is 0.000000504. The first kappa shape index (κ1) is 74.4. The van der Waals surface area contributed by atoms with Crippen LogP contribution < -0.4 is 0 Å². The molecule has 0 aromatic rings. The Morgan fingerprint density at radius 2 is 0.512 bits per heavy atom. The molecule has 5 fully saturated rings. The van der Waals surface area contributed by atoms with E-state index in [1.807, 2.05) is 0 Å². The monoisotopic (exact) mass is 1180 g/mol. The van der Waals surface area contributed by atoms with Crippen molar-refractivity contribution in [3.63, 3.8) is 0 Å². The van der Waals surface area contributed by atoms with E-state index in [0.717, 1.165) is 0 Å². The minimum atomic E-state index is -2.62. The van der Waals surface area contributed by atoms with E-state index in [1.54, 1.807) is 27.7 Å². The zero-order valence-electron chi connectivity index (χ0n) is 44.6. The molecule has 26 unspecified atom stereocenters. The maximum atomic E-state index is 10.9. The molecule has 0 aliphatic carbocycles. The molecule has 5 aliphatic heterocycles. The third-order valence-corrected chi connectivity index (χ3v) is 14.7. The summed E-state index contributed by atoms with van der Waals surface area (Å²) in [5.74, 6) is -22.8. The average Bonchev–Trinajstić information content (AvgIpc) is 3.37. The van der Waals surface area contributed by atoms with Gasteiger partial charge < -0.3 is 146 Å². The second-order valence-corrected chi connectivity index (χ2v) is 20.7. The number of hydrogen-bond acceptors (Lipinski definition) is 29. The van der Waals surface area contributed by atoms with Crippen LogP contribution in [0.4, 0.5) is 0 Å². The van der Waals surface area contributed by atoms with Crippen LogP contribution in [0.15, 0.2) is 0 Å². The number of aliphatic carboxylic acids is 5. The highest BCUT2D eigenvalue weighted by atomic mass is 16.7. The molecule has 470 valence electrons. The summed E-state index contributed by atoms with van der Waals surface area (Å²) in [6, 6.07) is 0. The highest BCUT2D eigenvalue weighted by molar-refractivity contribution is 5.77. The van der Waals surface area contributed by atoms with Crippen LogP contribution in [0.5, 0.6) is 0 Å². The SMILES string of the molecule is CC1C(O)CC(O)(C(=O)O)OC1C(O)C(O)CO.CC1C(O)CC(O)(C(=O)O)OC1C(O)C(O)CO.CC1C(O)CC(O)(C(=O)O)OC1C(O)C(O)CO.CC1OC(O)(C(=O)O)CC(O)C1C.CC1OC(O)(C(=O)O)CC(O)C1C. The van der Waals surface area contributed by atoms with Gasteiger partial charge in [-0.2, -0.15) is 0 Å². The van der Waals surface area contributed by atoms with Crippen LogP contribution in [0.2, 0.25) is 0 Å². The molecule has 5 rings (SSSR count). The molecular weight excluding hydrogens is 1100 g/mol. The summed E-state index contributed by atoms with van der Waals surface area (Å²) in [5, 5.41) is 223. The lowest BCUT2D eigenvalue weighted by Crippen LogP contribution is -2.60. The lowest BCUT2D eigenvalue weighted by molar-refractivity contribution is -0.302. The van der Waals surface area contributed by atoms with E-state index in [4.69, 9.17) is 64.5 Å². The standard InChI is InChI=1S/3C10H18O8.2C8H14O5/c3*1-4-5(12)2-10(17,9(15)16)18-8(4)7(14)6(13)3-11;2*1-4-5(2)13-8(12,7(10)11)3-6(4)9/h3*4-8,11-14,17H,2-3H2,1H3,(H,15,16);2*4-6,9,12H,3H2,1-2H3,(H,10,11). The van der Waals surface area contributed by atoms with Gasteiger partial charge in [-0.05, 0) is 13.8 Å². The van der Waals surface area contributed by atoms with Crippen LogP contribution >= 0.6 is 0 Å². The molecule has 26 atom stereocenters. The molecule has 5 aliphatic rings. The van der Waals surface area contributed by atoms with Crippen molar-refractivity contribution in [3.8, 4) is 0 Å². The summed E-state index contributed by atoms with van der Waals surface area (Å²) in [5.41, 5.74) is 0. The van der Waals surface area contributed by atoms with Gasteiger partial charge in [0, 0.05) is 61.7 Å². The average molecular weight is 1180 g/mol. The number of carbonyl (C=O) groups is 5. The summed E-state index contributed by atoms with van der Waals surface area (Å²) in [4.78, 5) is 53.7. The Hall–Kier alpha value is -3.61. The van der Waals surface area contributed by atoms with Crippen molar-refractivity contribution >= 4 is 29.8 Å². The molecule has 0 radical (unpaired) electrons. The molecule has 0 spiro atoms. The van der Waals surface area contributed by atoms with E-state index in [-0.39, 0.29) is 24.7 Å². The van der Waals surface area contributed by atoms with Crippen LogP contribution in [0, 0.1) is 29.6 Å². The quantitative estimate of drug-likeness (QED) is 0.0768. The largest absolute Gasteiger partial charge is 0.477 e.